The van der Waals surface area contributed by atoms with Crippen molar-refractivity contribution in [1.29, 1.82) is 0 Å². The molecule has 0 radical (unpaired) electrons. The summed E-state index contributed by atoms with van der Waals surface area (Å²) in [6.07, 6.45) is -3.67. The molecule has 0 saturated heterocycles. The maximum absolute atomic E-state index is 14.4. The molecule has 1 saturated carbocycles. The number of hydrogen-bond acceptors (Lipinski definition) is 5. The first-order chi connectivity index (χ1) is 18.8. The van der Waals surface area contributed by atoms with Crippen molar-refractivity contribution in [2.24, 2.45) is 5.92 Å². The summed E-state index contributed by atoms with van der Waals surface area (Å²) in [5, 5.41) is 14.8. The number of aryl methyl sites for hydroxylation is 2. The van der Waals surface area contributed by atoms with Crippen LogP contribution in [0.5, 0.6) is 0 Å². The molecule has 1 aliphatic carbocycles. The molecule has 1 N–H and O–H groups in total. The Hall–Kier alpha value is -3.61. The molecule has 1 amide bonds. The van der Waals surface area contributed by atoms with E-state index in [0.717, 1.165) is 23.2 Å². The van der Waals surface area contributed by atoms with Gasteiger partial charge in [0.15, 0.2) is 11.5 Å². The van der Waals surface area contributed by atoms with Gasteiger partial charge in [-0.05, 0) is 68.2 Å². The average molecular weight is 584 g/mol. The van der Waals surface area contributed by atoms with Crippen LogP contribution in [0.25, 0.3) is 0 Å². The number of rotatable bonds is 8. The SMILES string of the molecule is Cc1csc(C)c1C(=O)CN(Cc1cc(F)cc(F)c1)C(=O)c1cnn([C@H]2CC[C@H](C(=O)O)CC2)c1C(F)(F)F. The highest BCUT2D eigenvalue weighted by Gasteiger charge is 2.43. The van der Waals surface area contributed by atoms with Crippen molar-refractivity contribution < 1.29 is 41.4 Å². The van der Waals surface area contributed by atoms with E-state index in [1.165, 1.54) is 11.3 Å². The summed E-state index contributed by atoms with van der Waals surface area (Å²) >= 11 is 1.30. The topological polar surface area (TPSA) is 92.5 Å². The lowest BCUT2D eigenvalue weighted by Crippen LogP contribution is -2.37. The first-order valence-electron chi connectivity index (χ1n) is 12.5. The fourth-order valence-electron chi connectivity index (χ4n) is 5.18. The monoisotopic (exact) mass is 583 g/mol. The number of Topliss-reactive ketones (excluding diaryl/α,β-unsaturated/α-hetero) is 1. The highest BCUT2D eigenvalue weighted by atomic mass is 32.1. The number of carboxylic acid groups (broad SMARTS) is 1. The van der Waals surface area contributed by atoms with E-state index in [1.807, 2.05) is 0 Å². The van der Waals surface area contributed by atoms with E-state index in [1.54, 1.807) is 19.2 Å². The first kappa shape index (κ1) is 29.4. The van der Waals surface area contributed by atoms with Crippen molar-refractivity contribution in [3.05, 3.63) is 74.2 Å². The molecular weight excluding hydrogens is 557 g/mol. The van der Waals surface area contributed by atoms with Crippen molar-refractivity contribution in [3.8, 4) is 0 Å². The minimum Gasteiger partial charge on any atom is -0.481 e. The van der Waals surface area contributed by atoms with Gasteiger partial charge in [-0.3, -0.25) is 19.1 Å². The third-order valence-corrected chi connectivity index (χ3v) is 8.07. The molecule has 13 heteroatoms. The van der Waals surface area contributed by atoms with Gasteiger partial charge in [-0.2, -0.15) is 18.3 Å². The second kappa shape index (κ2) is 11.5. The van der Waals surface area contributed by atoms with Crippen molar-refractivity contribution in [2.45, 2.75) is 58.3 Å². The molecule has 2 aromatic heterocycles. The van der Waals surface area contributed by atoms with Gasteiger partial charge in [0.05, 0.1) is 30.3 Å². The number of alkyl halides is 3. The molecule has 0 spiro atoms. The smallest absolute Gasteiger partial charge is 0.433 e. The molecule has 1 fully saturated rings. The summed E-state index contributed by atoms with van der Waals surface area (Å²) in [6.45, 7) is 2.22. The van der Waals surface area contributed by atoms with Gasteiger partial charge in [0.1, 0.15) is 11.6 Å². The number of ketones is 1. The molecule has 0 atom stereocenters. The second-order valence-corrected chi connectivity index (χ2v) is 11.0. The number of aliphatic carboxylic acids is 1. The molecule has 1 aromatic carbocycles. The van der Waals surface area contributed by atoms with Crippen LogP contribution in [-0.2, 0) is 17.5 Å². The van der Waals surface area contributed by atoms with Gasteiger partial charge in [0.2, 0.25) is 0 Å². The molecule has 0 bridgehead atoms. The number of amides is 1. The molecule has 214 valence electrons. The lowest BCUT2D eigenvalue weighted by Gasteiger charge is -2.28. The van der Waals surface area contributed by atoms with Crippen molar-refractivity contribution in [1.82, 2.24) is 14.7 Å². The molecule has 0 aliphatic heterocycles. The van der Waals surface area contributed by atoms with Crippen LogP contribution in [0.1, 0.15) is 74.1 Å². The Balaban J connectivity index is 1.71. The summed E-state index contributed by atoms with van der Waals surface area (Å²) in [4.78, 5) is 39.6. The normalized spacial score (nSPS) is 17.6. The van der Waals surface area contributed by atoms with Crippen molar-refractivity contribution in [2.75, 3.05) is 6.54 Å². The van der Waals surface area contributed by atoms with E-state index in [2.05, 4.69) is 5.10 Å². The van der Waals surface area contributed by atoms with Crippen LogP contribution in [-0.4, -0.2) is 44.0 Å². The van der Waals surface area contributed by atoms with E-state index < -0.39 is 71.8 Å². The predicted molar refractivity (Wildman–Crippen MR) is 135 cm³/mol. The molecule has 4 rings (SSSR count). The van der Waals surface area contributed by atoms with Gasteiger partial charge in [-0.15, -0.1) is 11.3 Å². The number of carbonyl (C=O) groups excluding carboxylic acids is 2. The minimum absolute atomic E-state index is 0.0506. The number of nitrogens with zero attached hydrogens (tertiary/aromatic N) is 3. The Bertz CT molecular complexity index is 1400. The maximum Gasteiger partial charge on any atom is 0.433 e. The molecule has 40 heavy (non-hydrogen) atoms. The van der Waals surface area contributed by atoms with Gasteiger partial charge in [0.25, 0.3) is 5.91 Å². The van der Waals surface area contributed by atoms with E-state index >= 15 is 0 Å². The highest BCUT2D eigenvalue weighted by molar-refractivity contribution is 7.10. The van der Waals surface area contributed by atoms with Crippen molar-refractivity contribution in [3.63, 3.8) is 0 Å². The highest BCUT2D eigenvalue weighted by Crippen LogP contribution is 2.39. The molecule has 2 heterocycles. The van der Waals surface area contributed by atoms with Crippen molar-refractivity contribution >= 4 is 29.0 Å². The van der Waals surface area contributed by atoms with Gasteiger partial charge in [-0.25, -0.2) is 8.78 Å². The standard InChI is InChI=1S/C27H26F5N3O4S/c1-14-13-40-15(2)23(14)22(36)12-34(11-16-7-18(28)9-19(29)8-16)25(37)21-10-33-35(24(21)27(30,31)32)20-5-3-17(4-6-20)26(38)39/h7-10,13,17,20H,3-6,11-12H2,1-2H3,(H,38,39)/t17-,20-. The Kier molecular flexibility index (Phi) is 8.43. The number of carbonyl (C=O) groups is 3. The lowest BCUT2D eigenvalue weighted by atomic mass is 9.86. The molecule has 3 aromatic rings. The number of hydrogen-bond donors (Lipinski definition) is 1. The fourth-order valence-corrected chi connectivity index (χ4v) is 6.04. The number of aromatic nitrogens is 2. The summed E-state index contributed by atoms with van der Waals surface area (Å²) in [7, 11) is 0. The zero-order valence-electron chi connectivity index (χ0n) is 21.6. The zero-order chi connectivity index (χ0) is 29.4. The number of benzene rings is 1. The van der Waals surface area contributed by atoms with Gasteiger partial charge in [0, 0.05) is 23.1 Å². The van der Waals surface area contributed by atoms with Crippen LogP contribution in [0.4, 0.5) is 22.0 Å². The summed E-state index contributed by atoms with van der Waals surface area (Å²) in [5.41, 5.74) is -1.21. The number of carboxylic acids is 1. The van der Waals surface area contributed by atoms with E-state index in [0.29, 0.717) is 26.8 Å². The fraction of sp³-hybridized carbons (Fsp3) is 0.407. The maximum atomic E-state index is 14.4. The quantitative estimate of drug-likeness (QED) is 0.252. The van der Waals surface area contributed by atoms with Crippen LogP contribution in [0.15, 0.2) is 29.8 Å². The summed E-state index contributed by atoms with van der Waals surface area (Å²) in [6, 6.07) is 1.70. The third kappa shape index (κ3) is 6.24. The zero-order valence-corrected chi connectivity index (χ0v) is 22.4. The first-order valence-corrected chi connectivity index (χ1v) is 13.3. The Morgan fingerprint density at radius 2 is 1.70 bits per heavy atom. The molecule has 1 aliphatic rings. The van der Waals surface area contributed by atoms with Gasteiger partial charge in [-0.1, -0.05) is 0 Å². The Morgan fingerprint density at radius 3 is 2.23 bits per heavy atom. The molecule has 0 unspecified atom stereocenters. The largest absolute Gasteiger partial charge is 0.481 e. The van der Waals surface area contributed by atoms with E-state index in [9.17, 15) is 41.4 Å². The Morgan fingerprint density at radius 1 is 1.07 bits per heavy atom. The molecule has 7 nitrogen and oxygen atoms in total. The van der Waals surface area contributed by atoms with Crippen LogP contribution >= 0.6 is 11.3 Å². The van der Waals surface area contributed by atoms with E-state index in [-0.39, 0.29) is 31.2 Å². The molecular formula is C27H26F5N3O4S. The average Bonchev–Trinajstić information content (AvgIpc) is 3.46. The summed E-state index contributed by atoms with van der Waals surface area (Å²) < 4.78 is 71.6. The van der Waals surface area contributed by atoms with E-state index in [4.69, 9.17) is 0 Å². The van der Waals surface area contributed by atoms with Crippen LogP contribution in [0.3, 0.4) is 0 Å². The second-order valence-electron chi connectivity index (χ2n) is 9.90. The van der Waals surface area contributed by atoms with Crippen LogP contribution in [0, 0.1) is 31.4 Å². The summed E-state index contributed by atoms with van der Waals surface area (Å²) in [5.74, 6) is -5.29. The van der Waals surface area contributed by atoms with Gasteiger partial charge < -0.3 is 10.0 Å². The predicted octanol–water partition coefficient (Wildman–Crippen LogP) is 6.20. The lowest BCUT2D eigenvalue weighted by molar-refractivity contribution is -0.147. The minimum atomic E-state index is -5.01. The third-order valence-electron chi connectivity index (χ3n) is 7.04. The van der Waals surface area contributed by atoms with Crippen LogP contribution in [0.2, 0.25) is 0 Å². The van der Waals surface area contributed by atoms with Gasteiger partial charge >= 0.3 is 12.1 Å². The number of thiophene rings is 1. The van der Waals surface area contributed by atoms with Crippen LogP contribution < -0.4 is 0 Å². The Labute approximate surface area is 230 Å². The number of halogens is 5.